The summed E-state index contributed by atoms with van der Waals surface area (Å²) in [4.78, 5) is 0. The molecule has 4 rings (SSSR count). The van der Waals surface area contributed by atoms with E-state index in [2.05, 4.69) is 83.8 Å². The summed E-state index contributed by atoms with van der Waals surface area (Å²) in [5.74, 6) is 1.38. The monoisotopic (exact) mass is 416 g/mol. The summed E-state index contributed by atoms with van der Waals surface area (Å²) in [6, 6.07) is 17.4. The van der Waals surface area contributed by atoms with Gasteiger partial charge in [-0.1, -0.05) is 43.3 Å². The van der Waals surface area contributed by atoms with Crippen LogP contribution in [0.2, 0.25) is 0 Å². The number of hydrogen-bond acceptors (Lipinski definition) is 3. The summed E-state index contributed by atoms with van der Waals surface area (Å²) in [5.41, 5.74) is 6.68. The Bertz CT molecular complexity index is 1050. The topological polar surface area (TPSA) is 62.1 Å². The molecule has 1 fully saturated rings. The van der Waals surface area contributed by atoms with Gasteiger partial charge in [0.05, 0.1) is 5.56 Å². The fourth-order valence-electron chi connectivity index (χ4n) is 4.24. The fourth-order valence-corrected chi connectivity index (χ4v) is 4.24. The van der Waals surface area contributed by atoms with Gasteiger partial charge in [-0.2, -0.15) is 0 Å². The lowest BCUT2D eigenvalue weighted by molar-refractivity contribution is 0.0824. The zero-order valence-electron chi connectivity index (χ0n) is 18.7. The van der Waals surface area contributed by atoms with Gasteiger partial charge in [0.25, 0.3) is 0 Å². The molecule has 3 aromatic rings. The van der Waals surface area contributed by atoms with Crippen molar-refractivity contribution < 1.29 is 4.74 Å². The SMILES string of the molecule is CCc1ccc(-c2cn(-c3cccc(C)c3)c(NC)c2C(=N)NC2CCOCC2)cc1. The van der Waals surface area contributed by atoms with Crippen LogP contribution in [0.15, 0.2) is 54.7 Å². The van der Waals surface area contributed by atoms with Crippen LogP contribution in [-0.2, 0) is 11.2 Å². The highest BCUT2D eigenvalue weighted by atomic mass is 16.5. The van der Waals surface area contributed by atoms with Crippen LogP contribution in [0.25, 0.3) is 16.8 Å². The number of benzene rings is 2. The summed E-state index contributed by atoms with van der Waals surface area (Å²) < 4.78 is 7.65. The molecule has 0 radical (unpaired) electrons. The number of amidine groups is 1. The maximum absolute atomic E-state index is 8.99. The molecule has 0 atom stereocenters. The lowest BCUT2D eigenvalue weighted by Gasteiger charge is -2.25. The quantitative estimate of drug-likeness (QED) is 0.385. The van der Waals surface area contributed by atoms with Crippen LogP contribution in [0.5, 0.6) is 0 Å². The van der Waals surface area contributed by atoms with E-state index in [1.165, 1.54) is 11.1 Å². The number of nitrogens with zero attached hydrogens (tertiary/aromatic N) is 1. The average molecular weight is 417 g/mol. The Morgan fingerprint density at radius 3 is 2.52 bits per heavy atom. The highest BCUT2D eigenvalue weighted by Gasteiger charge is 2.23. The molecule has 5 nitrogen and oxygen atoms in total. The molecule has 0 amide bonds. The van der Waals surface area contributed by atoms with E-state index in [-0.39, 0.29) is 6.04 Å². The van der Waals surface area contributed by atoms with Gasteiger partial charge >= 0.3 is 0 Å². The van der Waals surface area contributed by atoms with E-state index in [1.54, 1.807) is 0 Å². The van der Waals surface area contributed by atoms with Gasteiger partial charge in [0.1, 0.15) is 11.7 Å². The van der Waals surface area contributed by atoms with Gasteiger partial charge < -0.3 is 19.9 Å². The zero-order valence-corrected chi connectivity index (χ0v) is 18.7. The fraction of sp³-hybridized carbons (Fsp3) is 0.346. The van der Waals surface area contributed by atoms with E-state index in [4.69, 9.17) is 10.1 Å². The number of aryl methyl sites for hydroxylation is 2. The predicted octanol–water partition coefficient (Wildman–Crippen LogP) is 5.15. The van der Waals surface area contributed by atoms with Gasteiger partial charge in [-0.15, -0.1) is 0 Å². The van der Waals surface area contributed by atoms with Crippen molar-refractivity contribution in [1.82, 2.24) is 9.88 Å². The van der Waals surface area contributed by atoms with Crippen molar-refractivity contribution in [2.24, 2.45) is 0 Å². The molecule has 0 unspecified atom stereocenters. The van der Waals surface area contributed by atoms with Crippen LogP contribution >= 0.6 is 0 Å². The average Bonchev–Trinajstić information content (AvgIpc) is 3.19. The van der Waals surface area contributed by atoms with Crippen LogP contribution in [0.4, 0.5) is 5.82 Å². The van der Waals surface area contributed by atoms with Crippen molar-refractivity contribution in [3.05, 3.63) is 71.4 Å². The van der Waals surface area contributed by atoms with Crippen molar-refractivity contribution in [2.45, 2.75) is 39.2 Å². The minimum Gasteiger partial charge on any atom is -0.381 e. The second-order valence-corrected chi connectivity index (χ2v) is 8.18. The Labute approximate surface area is 185 Å². The van der Waals surface area contributed by atoms with Crippen LogP contribution in [0, 0.1) is 12.3 Å². The standard InChI is InChI=1S/C26H32N4O/c1-4-19-8-10-20(11-9-19)23-17-30(22-7-5-6-18(2)16-22)26(28-3)24(23)25(27)29-21-12-14-31-15-13-21/h5-11,16-17,21,28H,4,12-15H2,1-3H3,(H2,27,29). The van der Waals surface area contributed by atoms with E-state index in [1.807, 2.05) is 7.05 Å². The van der Waals surface area contributed by atoms with Gasteiger partial charge in [0.15, 0.2) is 0 Å². The first-order chi connectivity index (χ1) is 15.1. The van der Waals surface area contributed by atoms with Gasteiger partial charge in [-0.3, -0.25) is 5.41 Å². The van der Waals surface area contributed by atoms with E-state index in [9.17, 15) is 0 Å². The summed E-state index contributed by atoms with van der Waals surface area (Å²) in [6.07, 6.45) is 5.02. The van der Waals surface area contributed by atoms with Crippen molar-refractivity contribution >= 4 is 11.7 Å². The Hall–Kier alpha value is -3.05. The second-order valence-electron chi connectivity index (χ2n) is 8.18. The van der Waals surface area contributed by atoms with E-state index < -0.39 is 0 Å². The third-order valence-corrected chi connectivity index (χ3v) is 6.01. The number of hydrogen-bond donors (Lipinski definition) is 3. The molecule has 1 aliphatic heterocycles. The number of aromatic nitrogens is 1. The predicted molar refractivity (Wildman–Crippen MR) is 129 cm³/mol. The maximum atomic E-state index is 8.99. The number of anilines is 1. The lowest BCUT2D eigenvalue weighted by Crippen LogP contribution is -2.39. The van der Waals surface area contributed by atoms with Gasteiger partial charge in [0, 0.05) is 43.8 Å². The maximum Gasteiger partial charge on any atom is 0.130 e. The number of ether oxygens (including phenoxy) is 1. The molecule has 3 N–H and O–H groups in total. The molecule has 1 aromatic heterocycles. The first kappa shape index (κ1) is 21.2. The largest absolute Gasteiger partial charge is 0.381 e. The molecule has 0 spiro atoms. The van der Waals surface area contributed by atoms with E-state index in [0.29, 0.717) is 5.84 Å². The van der Waals surface area contributed by atoms with Crippen LogP contribution < -0.4 is 10.6 Å². The lowest BCUT2D eigenvalue weighted by atomic mass is 10.0. The molecule has 1 aliphatic rings. The minimum absolute atomic E-state index is 0.267. The third kappa shape index (κ3) is 4.52. The Kier molecular flexibility index (Phi) is 6.42. The highest BCUT2D eigenvalue weighted by molar-refractivity contribution is 6.07. The third-order valence-electron chi connectivity index (χ3n) is 6.01. The van der Waals surface area contributed by atoms with Crippen molar-refractivity contribution in [3.8, 4) is 16.8 Å². The van der Waals surface area contributed by atoms with E-state index >= 15 is 0 Å². The number of nitrogens with one attached hydrogen (secondary N) is 3. The minimum atomic E-state index is 0.267. The van der Waals surface area contributed by atoms with Gasteiger partial charge in [-0.25, -0.2) is 0 Å². The van der Waals surface area contributed by atoms with Crippen LogP contribution in [0.1, 0.15) is 36.5 Å². The molecule has 5 heteroatoms. The number of rotatable bonds is 6. The first-order valence-electron chi connectivity index (χ1n) is 11.1. The molecule has 0 aliphatic carbocycles. The van der Waals surface area contributed by atoms with Crippen LogP contribution in [0.3, 0.4) is 0 Å². The second kappa shape index (κ2) is 9.40. The summed E-state index contributed by atoms with van der Waals surface area (Å²) >= 11 is 0. The molecule has 2 heterocycles. The Morgan fingerprint density at radius 2 is 1.87 bits per heavy atom. The van der Waals surface area contributed by atoms with Crippen molar-refractivity contribution in [2.75, 3.05) is 25.6 Å². The molecule has 2 aromatic carbocycles. The normalized spacial score (nSPS) is 14.4. The molecule has 0 saturated carbocycles. The molecule has 1 saturated heterocycles. The Morgan fingerprint density at radius 1 is 1.13 bits per heavy atom. The van der Waals surface area contributed by atoms with Gasteiger partial charge in [-0.05, 0) is 55.0 Å². The highest BCUT2D eigenvalue weighted by Crippen LogP contribution is 2.34. The molecule has 31 heavy (non-hydrogen) atoms. The zero-order chi connectivity index (χ0) is 21.8. The molecular formula is C26H32N4O. The first-order valence-corrected chi connectivity index (χ1v) is 11.1. The summed E-state index contributed by atoms with van der Waals surface area (Å²) in [5, 5.41) is 15.8. The van der Waals surface area contributed by atoms with Gasteiger partial charge in [0.2, 0.25) is 0 Å². The summed E-state index contributed by atoms with van der Waals surface area (Å²) in [7, 11) is 1.93. The molecule has 162 valence electrons. The van der Waals surface area contributed by atoms with Crippen LogP contribution in [-0.4, -0.2) is 36.7 Å². The van der Waals surface area contributed by atoms with E-state index in [0.717, 1.165) is 60.7 Å². The van der Waals surface area contributed by atoms with Crippen molar-refractivity contribution in [1.29, 1.82) is 5.41 Å². The molecule has 0 bridgehead atoms. The smallest absolute Gasteiger partial charge is 0.130 e. The van der Waals surface area contributed by atoms with Crippen molar-refractivity contribution in [3.63, 3.8) is 0 Å². The summed E-state index contributed by atoms with van der Waals surface area (Å²) in [6.45, 7) is 5.77. The molecular weight excluding hydrogens is 384 g/mol. The Balaban J connectivity index is 1.81.